The van der Waals surface area contributed by atoms with Crippen molar-refractivity contribution in [3.63, 3.8) is 0 Å². The zero-order valence-electron chi connectivity index (χ0n) is 9.82. The van der Waals surface area contributed by atoms with E-state index in [1.165, 1.54) is 11.1 Å². The molecule has 0 radical (unpaired) electrons. The van der Waals surface area contributed by atoms with Gasteiger partial charge in [-0.1, -0.05) is 51.8 Å². The van der Waals surface area contributed by atoms with Crippen LogP contribution < -0.4 is 4.74 Å². The second kappa shape index (κ2) is 5.87. The van der Waals surface area contributed by atoms with E-state index in [-0.39, 0.29) is 0 Å². The molecule has 0 saturated heterocycles. The highest BCUT2D eigenvalue weighted by atomic mass is 79.9. The summed E-state index contributed by atoms with van der Waals surface area (Å²) in [6.45, 7) is 2.82. The van der Waals surface area contributed by atoms with E-state index in [1.54, 1.807) is 0 Å². The molecule has 0 N–H and O–H groups in total. The van der Waals surface area contributed by atoms with Crippen LogP contribution in [-0.4, -0.2) is 6.61 Å². The summed E-state index contributed by atoms with van der Waals surface area (Å²) in [6.07, 6.45) is 0.939. The van der Waals surface area contributed by atoms with E-state index in [4.69, 9.17) is 4.74 Å². The molecular weight excluding hydrogens is 276 g/mol. The monoisotopic (exact) mass is 290 g/mol. The Balaban J connectivity index is 1.87. The van der Waals surface area contributed by atoms with E-state index in [1.807, 2.05) is 24.3 Å². The van der Waals surface area contributed by atoms with Crippen molar-refractivity contribution >= 4 is 15.9 Å². The van der Waals surface area contributed by atoms with Gasteiger partial charge in [-0.2, -0.15) is 0 Å². The Morgan fingerprint density at radius 1 is 1.06 bits per heavy atom. The number of rotatable bonds is 4. The predicted molar refractivity (Wildman–Crippen MR) is 74.5 cm³/mol. The van der Waals surface area contributed by atoms with E-state index in [0.717, 1.165) is 16.6 Å². The fraction of sp³-hybridized carbons (Fsp3) is 0.200. The van der Waals surface area contributed by atoms with Gasteiger partial charge in [0.25, 0.3) is 0 Å². The van der Waals surface area contributed by atoms with Gasteiger partial charge in [0, 0.05) is 10.9 Å². The zero-order valence-corrected chi connectivity index (χ0v) is 11.4. The second-order valence-corrected chi connectivity index (χ2v) is 4.96. The van der Waals surface area contributed by atoms with Crippen LogP contribution in [-0.2, 0) is 6.42 Å². The maximum Gasteiger partial charge on any atom is 0.120 e. The lowest BCUT2D eigenvalue weighted by molar-refractivity contribution is 0.322. The van der Waals surface area contributed by atoms with Gasteiger partial charge in [0.1, 0.15) is 5.75 Å². The molecule has 0 heterocycles. The van der Waals surface area contributed by atoms with Gasteiger partial charge in [0.05, 0.1) is 6.61 Å². The van der Waals surface area contributed by atoms with Crippen LogP contribution >= 0.6 is 15.9 Å². The molecule has 88 valence electrons. The molecule has 2 aromatic rings. The third kappa shape index (κ3) is 3.90. The lowest BCUT2D eigenvalue weighted by Gasteiger charge is -2.07. The topological polar surface area (TPSA) is 9.23 Å². The van der Waals surface area contributed by atoms with Gasteiger partial charge in [-0.3, -0.25) is 0 Å². The molecule has 0 aliphatic carbocycles. The molecule has 0 aromatic heterocycles. The molecule has 0 atom stereocenters. The maximum atomic E-state index is 5.70. The molecule has 0 aliphatic rings. The third-order valence-electron chi connectivity index (χ3n) is 2.54. The van der Waals surface area contributed by atoms with Crippen LogP contribution in [0.4, 0.5) is 0 Å². The minimum absolute atomic E-state index is 0.708. The van der Waals surface area contributed by atoms with Crippen molar-refractivity contribution in [2.75, 3.05) is 6.61 Å². The third-order valence-corrected chi connectivity index (χ3v) is 3.03. The van der Waals surface area contributed by atoms with E-state index < -0.39 is 0 Å². The Kier molecular flexibility index (Phi) is 4.21. The first kappa shape index (κ1) is 12.2. The number of hydrogen-bond donors (Lipinski definition) is 0. The Morgan fingerprint density at radius 2 is 1.88 bits per heavy atom. The van der Waals surface area contributed by atoms with Crippen LogP contribution in [0.5, 0.6) is 5.75 Å². The van der Waals surface area contributed by atoms with Crippen LogP contribution in [0.1, 0.15) is 11.1 Å². The predicted octanol–water partition coefficient (Wildman–Crippen LogP) is 4.38. The van der Waals surface area contributed by atoms with E-state index in [2.05, 4.69) is 47.1 Å². The standard InChI is InChI=1S/C15H15BrO/c1-12-4-2-5-13(10-12)8-9-17-15-7-3-6-14(16)11-15/h2-7,10-11H,8-9H2,1H3. The summed E-state index contributed by atoms with van der Waals surface area (Å²) in [5, 5.41) is 0. The molecular formula is C15H15BrO. The summed E-state index contributed by atoms with van der Waals surface area (Å²) in [5.41, 5.74) is 2.62. The van der Waals surface area contributed by atoms with Gasteiger partial charge in [0.15, 0.2) is 0 Å². The number of benzene rings is 2. The molecule has 17 heavy (non-hydrogen) atoms. The number of ether oxygens (including phenoxy) is 1. The van der Waals surface area contributed by atoms with Gasteiger partial charge in [-0.25, -0.2) is 0 Å². The van der Waals surface area contributed by atoms with Crippen molar-refractivity contribution in [3.05, 3.63) is 64.1 Å². The molecule has 0 aliphatic heterocycles. The van der Waals surface area contributed by atoms with Crippen molar-refractivity contribution in [2.24, 2.45) is 0 Å². The minimum atomic E-state index is 0.708. The van der Waals surface area contributed by atoms with Crippen molar-refractivity contribution in [2.45, 2.75) is 13.3 Å². The lowest BCUT2D eigenvalue weighted by atomic mass is 10.1. The van der Waals surface area contributed by atoms with Gasteiger partial charge < -0.3 is 4.74 Å². The van der Waals surface area contributed by atoms with Gasteiger partial charge in [-0.15, -0.1) is 0 Å². The average Bonchev–Trinajstić information content (AvgIpc) is 2.29. The fourth-order valence-corrected chi connectivity index (χ4v) is 2.09. The van der Waals surface area contributed by atoms with Crippen LogP contribution in [0.2, 0.25) is 0 Å². The number of halogens is 1. The molecule has 0 unspecified atom stereocenters. The van der Waals surface area contributed by atoms with E-state index in [9.17, 15) is 0 Å². The first-order valence-electron chi connectivity index (χ1n) is 5.68. The Labute approximate surface area is 111 Å². The molecule has 0 amide bonds. The highest BCUT2D eigenvalue weighted by Gasteiger charge is 1.96. The van der Waals surface area contributed by atoms with Crippen molar-refractivity contribution in [1.29, 1.82) is 0 Å². The highest BCUT2D eigenvalue weighted by Crippen LogP contribution is 2.18. The quantitative estimate of drug-likeness (QED) is 0.812. The summed E-state index contributed by atoms with van der Waals surface area (Å²) < 4.78 is 6.75. The van der Waals surface area contributed by atoms with Gasteiger partial charge in [0.2, 0.25) is 0 Å². The summed E-state index contributed by atoms with van der Waals surface area (Å²) in [4.78, 5) is 0. The van der Waals surface area contributed by atoms with Crippen LogP contribution in [0.15, 0.2) is 53.0 Å². The van der Waals surface area contributed by atoms with Gasteiger partial charge >= 0.3 is 0 Å². The van der Waals surface area contributed by atoms with Crippen molar-refractivity contribution in [1.82, 2.24) is 0 Å². The Hall–Kier alpha value is -1.28. The Morgan fingerprint density at radius 3 is 2.65 bits per heavy atom. The molecule has 0 fully saturated rings. The summed E-state index contributed by atoms with van der Waals surface area (Å²) in [5.74, 6) is 0.909. The summed E-state index contributed by atoms with van der Waals surface area (Å²) >= 11 is 3.43. The van der Waals surface area contributed by atoms with Gasteiger partial charge in [-0.05, 0) is 30.7 Å². The smallest absolute Gasteiger partial charge is 0.120 e. The summed E-state index contributed by atoms with van der Waals surface area (Å²) in [6, 6.07) is 16.5. The van der Waals surface area contributed by atoms with Crippen LogP contribution in [0, 0.1) is 6.92 Å². The molecule has 0 bridgehead atoms. The molecule has 2 rings (SSSR count). The second-order valence-electron chi connectivity index (χ2n) is 4.04. The van der Waals surface area contributed by atoms with Crippen molar-refractivity contribution < 1.29 is 4.74 Å². The summed E-state index contributed by atoms with van der Waals surface area (Å²) in [7, 11) is 0. The maximum absolute atomic E-state index is 5.70. The van der Waals surface area contributed by atoms with Crippen molar-refractivity contribution in [3.8, 4) is 5.75 Å². The minimum Gasteiger partial charge on any atom is -0.493 e. The number of aryl methyl sites for hydroxylation is 1. The van der Waals surface area contributed by atoms with Crippen LogP contribution in [0.3, 0.4) is 0 Å². The zero-order chi connectivity index (χ0) is 12.1. The Bertz CT molecular complexity index is 448. The molecule has 2 heteroatoms. The first-order chi connectivity index (χ1) is 8.24. The van der Waals surface area contributed by atoms with E-state index >= 15 is 0 Å². The largest absolute Gasteiger partial charge is 0.493 e. The molecule has 0 saturated carbocycles. The average molecular weight is 291 g/mol. The highest BCUT2D eigenvalue weighted by molar-refractivity contribution is 9.10. The van der Waals surface area contributed by atoms with Crippen LogP contribution in [0.25, 0.3) is 0 Å². The molecule has 0 spiro atoms. The number of hydrogen-bond acceptors (Lipinski definition) is 1. The normalized spacial score (nSPS) is 10.2. The SMILES string of the molecule is Cc1cccc(CCOc2cccc(Br)c2)c1. The lowest BCUT2D eigenvalue weighted by Crippen LogP contribution is -2.01. The molecule has 1 nitrogen and oxygen atoms in total. The molecule has 2 aromatic carbocycles. The van der Waals surface area contributed by atoms with E-state index in [0.29, 0.717) is 6.61 Å². The first-order valence-corrected chi connectivity index (χ1v) is 6.47. The fourth-order valence-electron chi connectivity index (χ4n) is 1.71.